The van der Waals surface area contributed by atoms with E-state index in [1.807, 2.05) is 24.3 Å². The van der Waals surface area contributed by atoms with Crippen molar-refractivity contribution < 1.29 is 0 Å². The van der Waals surface area contributed by atoms with Gasteiger partial charge in [-0.15, -0.1) is 0 Å². The number of nitrogens with zero attached hydrogens (tertiary/aromatic N) is 4. The summed E-state index contributed by atoms with van der Waals surface area (Å²) in [6, 6.07) is 39.4. The third-order valence-electron chi connectivity index (χ3n) is 8.35. The van der Waals surface area contributed by atoms with Gasteiger partial charge in [0, 0.05) is 36.3 Å². The molecule has 1 saturated carbocycles. The summed E-state index contributed by atoms with van der Waals surface area (Å²) in [5.41, 5.74) is 5.20. The normalized spacial score (nSPS) is 19.6. The molecule has 7 rings (SSSR count). The highest BCUT2D eigenvalue weighted by Crippen LogP contribution is 2.66. The van der Waals surface area contributed by atoms with Gasteiger partial charge in [-0.05, 0) is 56.7 Å². The predicted molar refractivity (Wildman–Crippen MR) is 174 cm³/mol. The Morgan fingerprint density at radius 3 is 1.74 bits per heavy atom. The molecule has 43 heavy (non-hydrogen) atoms. The summed E-state index contributed by atoms with van der Waals surface area (Å²) in [5.74, 6) is 0.711. The van der Waals surface area contributed by atoms with E-state index in [0.29, 0.717) is 17.5 Å². The van der Waals surface area contributed by atoms with Gasteiger partial charge in [0.2, 0.25) is 10.6 Å². The average molecular weight is 623 g/mol. The average Bonchev–Trinajstić information content (AvgIpc) is 3.00. The van der Waals surface area contributed by atoms with Gasteiger partial charge in [-0.1, -0.05) is 115 Å². The molecule has 5 nitrogen and oxygen atoms in total. The largest absolute Gasteiger partial charge is 0.366 e. The van der Waals surface area contributed by atoms with Crippen LogP contribution in [0.4, 0.5) is 5.82 Å². The molecular formula is C35H26Cl3N5. The van der Waals surface area contributed by atoms with Crippen LogP contribution in [-0.4, -0.2) is 19.9 Å². The number of halogens is 3. The van der Waals surface area contributed by atoms with Crippen LogP contribution in [0.25, 0.3) is 10.8 Å². The Morgan fingerprint density at radius 1 is 0.535 bits per heavy atom. The molecule has 0 aliphatic heterocycles. The molecule has 0 bridgehead atoms. The van der Waals surface area contributed by atoms with Gasteiger partial charge in [0.1, 0.15) is 11.0 Å². The second kappa shape index (κ2) is 11.9. The van der Waals surface area contributed by atoms with Gasteiger partial charge in [0.15, 0.2) is 0 Å². The van der Waals surface area contributed by atoms with Crippen molar-refractivity contribution in [1.29, 1.82) is 0 Å². The first kappa shape index (κ1) is 27.8. The fraction of sp³-hybridized carbons (Fsp3) is 0.143. The van der Waals surface area contributed by atoms with Crippen molar-refractivity contribution in [2.45, 2.75) is 30.2 Å². The Kier molecular flexibility index (Phi) is 7.70. The Balaban J connectivity index is 1.31. The summed E-state index contributed by atoms with van der Waals surface area (Å²) in [5, 5.41) is 6.57. The smallest absolute Gasteiger partial charge is 0.224 e. The predicted octanol–water partition coefficient (Wildman–Crippen LogP) is 9.44. The van der Waals surface area contributed by atoms with Gasteiger partial charge in [0.05, 0.1) is 11.4 Å². The minimum absolute atomic E-state index is 0.0130. The Morgan fingerprint density at radius 2 is 1.09 bits per heavy atom. The molecule has 1 aliphatic carbocycles. The summed E-state index contributed by atoms with van der Waals surface area (Å²) in [6.45, 7) is 0.601. The maximum Gasteiger partial charge on any atom is 0.224 e. The first-order valence-electron chi connectivity index (χ1n) is 14.1. The van der Waals surface area contributed by atoms with Crippen molar-refractivity contribution >= 4 is 51.4 Å². The van der Waals surface area contributed by atoms with E-state index in [9.17, 15) is 0 Å². The zero-order chi connectivity index (χ0) is 29.3. The first-order valence-corrected chi connectivity index (χ1v) is 15.2. The fourth-order valence-corrected chi connectivity index (χ4v) is 7.18. The lowest BCUT2D eigenvalue weighted by molar-refractivity contribution is 0.220. The molecule has 2 aromatic heterocycles. The van der Waals surface area contributed by atoms with E-state index < -0.39 is 0 Å². The van der Waals surface area contributed by atoms with Crippen molar-refractivity contribution in [3.8, 4) is 0 Å². The summed E-state index contributed by atoms with van der Waals surface area (Å²) in [4.78, 5) is 18.1. The quantitative estimate of drug-likeness (QED) is 0.142. The van der Waals surface area contributed by atoms with Crippen molar-refractivity contribution in [3.05, 3.63) is 159 Å². The summed E-state index contributed by atoms with van der Waals surface area (Å²) in [7, 11) is 0. The second-order valence-corrected chi connectivity index (χ2v) is 11.8. The molecule has 4 aromatic carbocycles. The molecule has 0 unspecified atom stereocenters. The molecule has 1 fully saturated rings. The third-order valence-corrected chi connectivity index (χ3v) is 8.88. The molecule has 2 atom stereocenters. The topological polar surface area (TPSA) is 63.6 Å². The lowest BCUT2D eigenvalue weighted by atomic mass is 9.50. The summed E-state index contributed by atoms with van der Waals surface area (Å²) < 4.78 is 0. The van der Waals surface area contributed by atoms with E-state index in [1.54, 1.807) is 0 Å². The molecule has 1 aliphatic rings. The highest BCUT2D eigenvalue weighted by Gasteiger charge is 2.54. The Hall–Kier alpha value is -4.03. The van der Waals surface area contributed by atoms with Gasteiger partial charge in [-0.25, -0.2) is 19.9 Å². The van der Waals surface area contributed by atoms with E-state index in [-0.39, 0.29) is 34.2 Å². The summed E-state index contributed by atoms with van der Waals surface area (Å²) >= 11 is 19.3. The molecule has 8 heteroatoms. The van der Waals surface area contributed by atoms with Crippen LogP contribution in [0.2, 0.25) is 15.7 Å². The van der Waals surface area contributed by atoms with Crippen LogP contribution in [0, 0.1) is 0 Å². The standard InChI is InChI=1S/C35H26Cl3N5/c36-28-18-26(40-34(37)42-28)32-30(22-11-3-1-4-12-22)33(31(32)23-13-5-2-6-14-23)27-19-29(43-35(38)41-27)39-20-24-16-9-15-21-10-7-8-17-25(21)24/h1-19,30-33H,20H2,(H,39,41,43)/t30-,31-,32-,33-/m1/s1. The molecule has 2 heterocycles. The second-order valence-electron chi connectivity index (χ2n) is 10.7. The van der Waals surface area contributed by atoms with Crippen LogP contribution in [0.3, 0.4) is 0 Å². The summed E-state index contributed by atoms with van der Waals surface area (Å²) in [6.07, 6.45) is 0. The van der Waals surface area contributed by atoms with Gasteiger partial charge >= 0.3 is 0 Å². The van der Waals surface area contributed by atoms with Gasteiger partial charge in [0.25, 0.3) is 0 Å². The minimum Gasteiger partial charge on any atom is -0.366 e. The molecule has 0 amide bonds. The van der Waals surface area contributed by atoms with E-state index in [1.165, 1.54) is 27.5 Å². The number of hydrogen-bond acceptors (Lipinski definition) is 5. The Bertz CT molecular complexity index is 1830. The first-order chi connectivity index (χ1) is 21.0. The van der Waals surface area contributed by atoms with Crippen LogP contribution in [-0.2, 0) is 6.54 Å². The number of nitrogens with one attached hydrogen (secondary N) is 1. The monoisotopic (exact) mass is 621 g/mol. The third kappa shape index (κ3) is 5.56. The highest BCUT2D eigenvalue weighted by atomic mass is 35.5. The van der Waals surface area contributed by atoms with Crippen molar-refractivity contribution in [2.75, 3.05) is 5.32 Å². The van der Waals surface area contributed by atoms with Crippen LogP contribution in [0.15, 0.2) is 115 Å². The number of hydrogen-bond donors (Lipinski definition) is 1. The lowest BCUT2D eigenvalue weighted by Gasteiger charge is -2.52. The van der Waals surface area contributed by atoms with Crippen molar-refractivity contribution in [2.24, 2.45) is 0 Å². The van der Waals surface area contributed by atoms with Gasteiger partial charge in [-0.3, -0.25) is 0 Å². The van der Waals surface area contributed by atoms with E-state index in [0.717, 1.165) is 11.4 Å². The SMILES string of the molecule is Clc1cc([C@H]2[C@@H](c3ccccc3)[C@H](c3cc(NCc4cccc5ccccc45)nc(Cl)n3)[C@@H]2c2ccccc2)nc(Cl)n1. The van der Waals surface area contributed by atoms with Crippen molar-refractivity contribution in [3.63, 3.8) is 0 Å². The Labute approximate surface area is 264 Å². The van der Waals surface area contributed by atoms with Gasteiger partial charge in [-0.2, -0.15) is 0 Å². The number of fused-ring (bicyclic) bond motifs is 1. The lowest BCUT2D eigenvalue weighted by Crippen LogP contribution is -2.41. The molecule has 6 aromatic rings. The maximum absolute atomic E-state index is 6.62. The molecule has 0 saturated heterocycles. The van der Waals surface area contributed by atoms with Crippen LogP contribution in [0.5, 0.6) is 0 Å². The minimum atomic E-state index is -0.0198. The molecule has 0 spiro atoms. The number of anilines is 1. The van der Waals surface area contributed by atoms with Crippen LogP contribution < -0.4 is 5.32 Å². The molecular weight excluding hydrogens is 597 g/mol. The number of rotatable bonds is 7. The zero-order valence-corrected chi connectivity index (χ0v) is 25.2. The number of aromatic nitrogens is 4. The zero-order valence-electron chi connectivity index (χ0n) is 22.9. The number of benzene rings is 4. The highest BCUT2D eigenvalue weighted by molar-refractivity contribution is 6.31. The van der Waals surface area contributed by atoms with Crippen LogP contribution >= 0.6 is 34.8 Å². The maximum atomic E-state index is 6.62. The molecule has 1 N–H and O–H groups in total. The van der Waals surface area contributed by atoms with E-state index in [4.69, 9.17) is 39.8 Å². The molecule has 212 valence electrons. The van der Waals surface area contributed by atoms with Gasteiger partial charge < -0.3 is 5.32 Å². The van der Waals surface area contributed by atoms with Crippen LogP contribution in [0.1, 0.15) is 51.7 Å². The van der Waals surface area contributed by atoms with Crippen molar-refractivity contribution in [1.82, 2.24) is 19.9 Å². The molecule has 0 radical (unpaired) electrons. The fourth-order valence-electron chi connectivity index (χ4n) is 6.57. The van der Waals surface area contributed by atoms with E-state index in [2.05, 4.69) is 111 Å². The van der Waals surface area contributed by atoms with E-state index >= 15 is 0 Å².